The zero-order valence-corrected chi connectivity index (χ0v) is 21.9. The van der Waals surface area contributed by atoms with Gasteiger partial charge in [0.2, 0.25) is 0 Å². The van der Waals surface area contributed by atoms with Gasteiger partial charge in [-0.15, -0.1) is 0 Å². The number of hydrogen-bond donors (Lipinski definition) is 1. The molecule has 0 aliphatic carbocycles. The molecule has 3 aliphatic heterocycles. The van der Waals surface area contributed by atoms with E-state index in [9.17, 15) is 0 Å². The second-order valence-corrected chi connectivity index (χ2v) is 11.9. The quantitative estimate of drug-likeness (QED) is 0.631. The summed E-state index contributed by atoms with van der Waals surface area (Å²) in [5.41, 5.74) is 1.09. The fraction of sp³-hybridized carbons (Fsp3) is 1.00. The second kappa shape index (κ2) is 12.7. The van der Waals surface area contributed by atoms with Crippen molar-refractivity contribution in [2.45, 2.75) is 98.2 Å². The average Bonchev–Trinajstić information content (AvgIpc) is 2.69. The maximum atomic E-state index is 5.25. The Morgan fingerprint density at radius 3 is 1.17 bits per heavy atom. The van der Waals surface area contributed by atoms with Gasteiger partial charge in [-0.2, -0.15) is 0 Å². The summed E-state index contributed by atoms with van der Waals surface area (Å²) in [5.74, 6) is 0. The highest BCUT2D eigenvalue weighted by Gasteiger charge is 2.23. The van der Waals surface area contributed by atoms with Crippen LogP contribution in [0.25, 0.3) is 0 Å². The molecule has 180 valence electrons. The number of ether oxygens (including phenoxy) is 1. The number of likely N-dealkylation sites (tertiary alicyclic amines) is 1. The van der Waals surface area contributed by atoms with Crippen molar-refractivity contribution in [3.8, 4) is 0 Å². The molecule has 0 radical (unpaired) electrons. The Morgan fingerprint density at radius 2 is 0.867 bits per heavy atom. The summed E-state index contributed by atoms with van der Waals surface area (Å²) in [6.07, 6.45) is 4.24. The van der Waals surface area contributed by atoms with Crippen molar-refractivity contribution in [2.75, 3.05) is 65.6 Å². The maximum Gasteiger partial charge on any atom is 0.0594 e. The van der Waals surface area contributed by atoms with E-state index < -0.39 is 0 Å². The minimum Gasteiger partial charge on any atom is -0.379 e. The van der Waals surface area contributed by atoms with Crippen LogP contribution in [0.4, 0.5) is 0 Å². The third-order valence-electron chi connectivity index (χ3n) is 6.33. The zero-order chi connectivity index (χ0) is 22.8. The van der Waals surface area contributed by atoms with Crippen LogP contribution in [-0.2, 0) is 4.74 Å². The Balaban J connectivity index is 0.000000225. The van der Waals surface area contributed by atoms with E-state index in [1.807, 2.05) is 0 Å². The fourth-order valence-electron chi connectivity index (χ4n) is 4.13. The highest BCUT2D eigenvalue weighted by atomic mass is 16.5. The van der Waals surface area contributed by atoms with E-state index >= 15 is 0 Å². The summed E-state index contributed by atoms with van der Waals surface area (Å²) in [6, 6.07) is 0. The van der Waals surface area contributed by atoms with Crippen LogP contribution in [0.5, 0.6) is 0 Å². The van der Waals surface area contributed by atoms with E-state index in [2.05, 4.69) is 82.3 Å². The molecule has 5 nitrogen and oxygen atoms in total. The van der Waals surface area contributed by atoms with Gasteiger partial charge >= 0.3 is 0 Å². The van der Waals surface area contributed by atoms with Crippen molar-refractivity contribution >= 4 is 0 Å². The number of nitrogens with one attached hydrogen (secondary N) is 1. The molecule has 0 aromatic heterocycles. The molecule has 0 unspecified atom stereocenters. The van der Waals surface area contributed by atoms with Gasteiger partial charge in [-0.25, -0.2) is 0 Å². The van der Waals surface area contributed by atoms with Gasteiger partial charge in [0.25, 0.3) is 0 Å². The summed E-state index contributed by atoms with van der Waals surface area (Å²) < 4.78 is 5.25. The van der Waals surface area contributed by atoms with Crippen molar-refractivity contribution in [2.24, 2.45) is 0 Å². The van der Waals surface area contributed by atoms with Crippen LogP contribution in [0.1, 0.15) is 81.6 Å². The molecule has 5 heteroatoms. The minimum absolute atomic E-state index is 0.323. The third-order valence-corrected chi connectivity index (χ3v) is 6.33. The molecule has 30 heavy (non-hydrogen) atoms. The van der Waals surface area contributed by atoms with E-state index in [1.54, 1.807) is 0 Å². The van der Waals surface area contributed by atoms with Crippen LogP contribution in [-0.4, -0.2) is 96.9 Å². The monoisotopic (exact) mass is 426 g/mol. The van der Waals surface area contributed by atoms with Crippen molar-refractivity contribution in [1.29, 1.82) is 0 Å². The standard InChI is InChI=1S/C9H19N.C8H18N2.C8H17NO/c1-9(2,3)10-7-5-4-6-8-10;1-8(2,3)10-6-4-9-5-7-10;1-8(2,3)9-4-6-10-7-5-9/h4-8H2,1-3H3;9H,4-7H2,1-3H3;4-7H2,1-3H3. The second-order valence-electron chi connectivity index (χ2n) is 11.9. The fourth-order valence-corrected chi connectivity index (χ4v) is 4.13. The topological polar surface area (TPSA) is 31.0 Å². The Hall–Kier alpha value is -0.200. The number of nitrogens with zero attached hydrogens (tertiary/aromatic N) is 3. The lowest BCUT2D eigenvalue weighted by Gasteiger charge is -2.38. The Labute approximate surface area is 188 Å². The van der Waals surface area contributed by atoms with Crippen molar-refractivity contribution in [3.63, 3.8) is 0 Å². The number of piperazine rings is 1. The largest absolute Gasteiger partial charge is 0.379 e. The van der Waals surface area contributed by atoms with Gasteiger partial charge in [0.15, 0.2) is 0 Å². The molecular formula is C25H54N4O. The van der Waals surface area contributed by atoms with Gasteiger partial charge < -0.3 is 10.1 Å². The van der Waals surface area contributed by atoms with Crippen LogP contribution in [0.2, 0.25) is 0 Å². The Morgan fingerprint density at radius 1 is 0.500 bits per heavy atom. The first kappa shape index (κ1) is 27.8. The van der Waals surface area contributed by atoms with Gasteiger partial charge in [-0.1, -0.05) is 6.42 Å². The third kappa shape index (κ3) is 11.4. The van der Waals surface area contributed by atoms with Crippen molar-refractivity contribution < 1.29 is 4.74 Å². The first-order valence-corrected chi connectivity index (χ1v) is 12.4. The molecule has 0 aromatic carbocycles. The van der Waals surface area contributed by atoms with Gasteiger partial charge in [0.05, 0.1) is 13.2 Å². The number of rotatable bonds is 0. The van der Waals surface area contributed by atoms with Crippen molar-refractivity contribution in [1.82, 2.24) is 20.0 Å². The minimum atomic E-state index is 0.323. The van der Waals surface area contributed by atoms with Gasteiger partial charge in [-0.05, 0) is 88.2 Å². The first-order valence-electron chi connectivity index (χ1n) is 12.4. The summed E-state index contributed by atoms with van der Waals surface area (Å²) in [6.45, 7) is 31.8. The maximum absolute atomic E-state index is 5.25. The summed E-state index contributed by atoms with van der Waals surface area (Å²) in [7, 11) is 0. The van der Waals surface area contributed by atoms with Crippen LogP contribution in [0, 0.1) is 0 Å². The van der Waals surface area contributed by atoms with Crippen LogP contribution < -0.4 is 5.32 Å². The van der Waals surface area contributed by atoms with E-state index in [4.69, 9.17) is 4.74 Å². The lowest BCUT2D eigenvalue weighted by Crippen LogP contribution is -2.51. The zero-order valence-electron chi connectivity index (χ0n) is 21.9. The number of piperidine rings is 1. The molecule has 1 N–H and O–H groups in total. The summed E-state index contributed by atoms with van der Waals surface area (Å²) >= 11 is 0. The number of hydrogen-bond acceptors (Lipinski definition) is 5. The van der Waals surface area contributed by atoms with E-state index in [0.29, 0.717) is 16.6 Å². The van der Waals surface area contributed by atoms with Crippen molar-refractivity contribution in [3.05, 3.63) is 0 Å². The SMILES string of the molecule is CC(C)(C)N1CCCCC1.CC(C)(C)N1CCNCC1.CC(C)(C)N1CCOCC1. The Kier molecular flexibility index (Phi) is 11.8. The van der Waals surface area contributed by atoms with Gasteiger partial charge in [0.1, 0.15) is 0 Å². The molecule has 3 fully saturated rings. The highest BCUT2D eigenvalue weighted by molar-refractivity contribution is 4.80. The van der Waals surface area contributed by atoms with Crippen LogP contribution in [0.15, 0.2) is 0 Å². The number of morpholine rings is 1. The predicted octanol–water partition coefficient (Wildman–Crippen LogP) is 4.08. The molecule has 0 atom stereocenters. The lowest BCUT2D eigenvalue weighted by atomic mass is 10.0. The molecule has 3 saturated heterocycles. The van der Waals surface area contributed by atoms with E-state index in [1.165, 1.54) is 45.4 Å². The summed E-state index contributed by atoms with van der Waals surface area (Å²) in [4.78, 5) is 7.55. The molecule has 0 aromatic rings. The highest BCUT2D eigenvalue weighted by Crippen LogP contribution is 2.19. The predicted molar refractivity (Wildman–Crippen MR) is 132 cm³/mol. The lowest BCUT2D eigenvalue weighted by molar-refractivity contribution is -0.00389. The van der Waals surface area contributed by atoms with Gasteiger partial charge in [0, 0.05) is 55.9 Å². The smallest absolute Gasteiger partial charge is 0.0594 e. The normalized spacial score (nSPS) is 23.1. The first-order chi connectivity index (χ1) is 13.8. The molecular weight excluding hydrogens is 372 g/mol. The van der Waals surface area contributed by atoms with E-state index in [-0.39, 0.29) is 0 Å². The van der Waals surface area contributed by atoms with Crippen LogP contribution in [0.3, 0.4) is 0 Å². The summed E-state index contributed by atoms with van der Waals surface area (Å²) in [5, 5.41) is 3.35. The molecule has 0 bridgehead atoms. The molecule has 0 spiro atoms. The van der Waals surface area contributed by atoms with Crippen LogP contribution >= 0.6 is 0 Å². The Bertz CT molecular complexity index is 363. The molecule has 3 heterocycles. The van der Waals surface area contributed by atoms with Gasteiger partial charge in [-0.3, -0.25) is 14.7 Å². The molecule has 0 amide bonds. The molecule has 3 rings (SSSR count). The van der Waals surface area contributed by atoms with E-state index in [0.717, 1.165) is 39.4 Å². The molecule has 0 saturated carbocycles. The molecule has 3 aliphatic rings. The average molecular weight is 427 g/mol.